The van der Waals surface area contributed by atoms with Gasteiger partial charge in [0.05, 0.1) is 6.20 Å². The fourth-order valence-corrected chi connectivity index (χ4v) is 1.67. The average molecular weight is 227 g/mol. The Hall–Kier alpha value is -1.43. The van der Waals surface area contributed by atoms with E-state index in [9.17, 15) is 9.59 Å². The molecule has 1 rings (SSSR count). The summed E-state index contributed by atoms with van der Waals surface area (Å²) in [4.78, 5) is 26.3. The first-order valence-electron chi connectivity index (χ1n) is 4.54. The minimum Gasteiger partial charge on any atom is -0.365 e. The summed E-state index contributed by atoms with van der Waals surface area (Å²) in [5.74, 6) is -0.340. The summed E-state index contributed by atoms with van der Waals surface area (Å²) >= 11 is 1.08. The van der Waals surface area contributed by atoms with Crippen molar-refractivity contribution in [3.63, 3.8) is 0 Å². The lowest BCUT2D eigenvalue weighted by molar-refractivity contribution is -0.116. The number of anilines is 1. The number of nitrogens with two attached hydrogens (primary N) is 1. The largest absolute Gasteiger partial charge is 0.365 e. The first-order valence-corrected chi connectivity index (χ1v) is 5.36. The van der Waals surface area contributed by atoms with Gasteiger partial charge >= 0.3 is 0 Å². The maximum Gasteiger partial charge on any atom is 0.260 e. The number of nitrogens with one attached hydrogen (secondary N) is 1. The van der Waals surface area contributed by atoms with Crippen molar-refractivity contribution in [2.75, 3.05) is 5.32 Å². The molecule has 1 aromatic rings. The van der Waals surface area contributed by atoms with Gasteiger partial charge in [0.1, 0.15) is 4.88 Å². The van der Waals surface area contributed by atoms with Gasteiger partial charge in [-0.15, -0.1) is 0 Å². The molecule has 0 aliphatic carbocycles. The SMILES string of the molecule is CC(C)CC(=O)Nc1ncc(C(N)=O)s1. The van der Waals surface area contributed by atoms with Gasteiger partial charge in [0.15, 0.2) is 5.13 Å². The van der Waals surface area contributed by atoms with E-state index in [0.717, 1.165) is 11.3 Å². The number of thiazole rings is 1. The van der Waals surface area contributed by atoms with Gasteiger partial charge in [-0.05, 0) is 5.92 Å². The molecule has 0 aliphatic rings. The summed E-state index contributed by atoms with van der Waals surface area (Å²) in [6.45, 7) is 3.91. The minimum absolute atomic E-state index is 0.102. The second-order valence-electron chi connectivity index (χ2n) is 3.54. The third-order valence-corrected chi connectivity index (χ3v) is 2.52. The molecule has 0 aromatic carbocycles. The van der Waals surface area contributed by atoms with Crippen LogP contribution in [0.25, 0.3) is 0 Å². The Morgan fingerprint density at radius 2 is 2.27 bits per heavy atom. The fourth-order valence-electron chi connectivity index (χ4n) is 0.987. The van der Waals surface area contributed by atoms with E-state index in [1.165, 1.54) is 6.20 Å². The first-order chi connectivity index (χ1) is 6.99. The molecule has 0 radical (unpaired) electrons. The molecule has 0 aliphatic heterocycles. The van der Waals surface area contributed by atoms with E-state index in [4.69, 9.17) is 5.73 Å². The maximum atomic E-state index is 11.3. The Morgan fingerprint density at radius 3 is 2.73 bits per heavy atom. The van der Waals surface area contributed by atoms with Gasteiger partial charge in [0.25, 0.3) is 5.91 Å². The van der Waals surface area contributed by atoms with Crippen LogP contribution >= 0.6 is 11.3 Å². The van der Waals surface area contributed by atoms with Crippen LogP contribution in [0.5, 0.6) is 0 Å². The normalized spacial score (nSPS) is 10.3. The molecule has 6 heteroatoms. The van der Waals surface area contributed by atoms with Crippen molar-refractivity contribution in [3.05, 3.63) is 11.1 Å². The third-order valence-electron chi connectivity index (χ3n) is 1.59. The molecule has 1 aromatic heterocycles. The zero-order chi connectivity index (χ0) is 11.4. The highest BCUT2D eigenvalue weighted by Gasteiger charge is 2.10. The van der Waals surface area contributed by atoms with Crippen LogP contribution in [0.15, 0.2) is 6.20 Å². The molecule has 0 saturated carbocycles. The Morgan fingerprint density at radius 1 is 1.60 bits per heavy atom. The number of amides is 2. The van der Waals surface area contributed by atoms with Gasteiger partial charge in [-0.25, -0.2) is 4.98 Å². The Balaban J connectivity index is 2.57. The molecule has 15 heavy (non-hydrogen) atoms. The van der Waals surface area contributed by atoms with E-state index in [2.05, 4.69) is 10.3 Å². The van der Waals surface area contributed by atoms with Crippen LogP contribution in [0.2, 0.25) is 0 Å². The van der Waals surface area contributed by atoms with E-state index >= 15 is 0 Å². The smallest absolute Gasteiger partial charge is 0.260 e. The second kappa shape index (κ2) is 4.88. The number of aromatic nitrogens is 1. The molecule has 0 saturated heterocycles. The third kappa shape index (κ3) is 3.67. The van der Waals surface area contributed by atoms with E-state index < -0.39 is 5.91 Å². The summed E-state index contributed by atoms with van der Waals surface area (Å²) < 4.78 is 0. The molecular formula is C9H13N3O2S. The van der Waals surface area contributed by atoms with Gasteiger partial charge in [-0.3, -0.25) is 9.59 Å². The van der Waals surface area contributed by atoms with Crippen molar-refractivity contribution in [3.8, 4) is 0 Å². The van der Waals surface area contributed by atoms with Crippen LogP contribution in [0.4, 0.5) is 5.13 Å². The zero-order valence-corrected chi connectivity index (χ0v) is 9.43. The summed E-state index contributed by atoms with van der Waals surface area (Å²) in [6, 6.07) is 0. The van der Waals surface area contributed by atoms with Crippen LogP contribution < -0.4 is 11.1 Å². The monoisotopic (exact) mass is 227 g/mol. The molecule has 0 spiro atoms. The Kier molecular flexibility index (Phi) is 3.79. The van der Waals surface area contributed by atoms with Crippen LogP contribution in [-0.2, 0) is 4.79 Å². The van der Waals surface area contributed by atoms with Crippen molar-refractivity contribution in [1.82, 2.24) is 4.98 Å². The van der Waals surface area contributed by atoms with E-state index in [0.29, 0.717) is 22.3 Å². The van der Waals surface area contributed by atoms with Gasteiger partial charge in [-0.1, -0.05) is 25.2 Å². The molecule has 0 unspecified atom stereocenters. The number of rotatable bonds is 4. The lowest BCUT2D eigenvalue weighted by atomic mass is 10.1. The van der Waals surface area contributed by atoms with E-state index in [1.54, 1.807) is 0 Å². The van der Waals surface area contributed by atoms with Crippen LogP contribution in [0.3, 0.4) is 0 Å². The van der Waals surface area contributed by atoms with Crippen molar-refractivity contribution >= 4 is 28.3 Å². The molecule has 5 nitrogen and oxygen atoms in total. The van der Waals surface area contributed by atoms with Crippen molar-refractivity contribution < 1.29 is 9.59 Å². The Bertz CT molecular complexity index is 373. The maximum absolute atomic E-state index is 11.3. The lowest BCUT2D eigenvalue weighted by Crippen LogP contribution is -2.13. The summed E-state index contributed by atoms with van der Waals surface area (Å²) in [5, 5.41) is 3.02. The number of nitrogens with zero attached hydrogens (tertiary/aromatic N) is 1. The van der Waals surface area contributed by atoms with Crippen LogP contribution in [0, 0.1) is 5.92 Å². The standard InChI is InChI=1S/C9H13N3O2S/c1-5(2)3-7(13)12-9-11-4-6(15-9)8(10)14/h4-5H,3H2,1-2H3,(H2,10,14)(H,11,12,13). The lowest BCUT2D eigenvalue weighted by Gasteiger charge is -2.03. The number of primary amides is 1. The molecule has 2 amide bonds. The van der Waals surface area contributed by atoms with E-state index in [-0.39, 0.29) is 5.91 Å². The summed E-state index contributed by atoms with van der Waals surface area (Å²) in [6.07, 6.45) is 1.80. The molecule has 0 atom stereocenters. The average Bonchev–Trinajstić information content (AvgIpc) is 2.50. The highest BCUT2D eigenvalue weighted by Crippen LogP contribution is 2.17. The van der Waals surface area contributed by atoms with Crippen molar-refractivity contribution in [2.24, 2.45) is 11.7 Å². The summed E-state index contributed by atoms with van der Waals surface area (Å²) in [5.41, 5.74) is 5.06. The number of carbonyl (C=O) groups excluding carboxylic acids is 2. The molecule has 3 N–H and O–H groups in total. The zero-order valence-electron chi connectivity index (χ0n) is 8.61. The topological polar surface area (TPSA) is 85.1 Å². The second-order valence-corrected chi connectivity index (χ2v) is 4.57. The number of carbonyl (C=O) groups is 2. The minimum atomic E-state index is -0.531. The Labute approximate surface area is 91.7 Å². The molecule has 82 valence electrons. The first kappa shape index (κ1) is 11.6. The number of hydrogen-bond donors (Lipinski definition) is 2. The van der Waals surface area contributed by atoms with Crippen LogP contribution in [-0.4, -0.2) is 16.8 Å². The molecule has 1 heterocycles. The fraction of sp³-hybridized carbons (Fsp3) is 0.444. The van der Waals surface area contributed by atoms with Gasteiger partial charge in [0.2, 0.25) is 5.91 Å². The summed E-state index contributed by atoms with van der Waals surface area (Å²) in [7, 11) is 0. The quantitative estimate of drug-likeness (QED) is 0.811. The van der Waals surface area contributed by atoms with Crippen LogP contribution in [0.1, 0.15) is 29.9 Å². The predicted molar refractivity (Wildman–Crippen MR) is 58.7 cm³/mol. The van der Waals surface area contributed by atoms with Gasteiger partial charge < -0.3 is 11.1 Å². The number of hydrogen-bond acceptors (Lipinski definition) is 4. The molecule has 0 fully saturated rings. The van der Waals surface area contributed by atoms with Gasteiger partial charge in [0, 0.05) is 6.42 Å². The highest BCUT2D eigenvalue weighted by molar-refractivity contribution is 7.17. The van der Waals surface area contributed by atoms with Gasteiger partial charge in [-0.2, -0.15) is 0 Å². The van der Waals surface area contributed by atoms with E-state index in [1.807, 2.05) is 13.8 Å². The van der Waals surface area contributed by atoms with Crippen molar-refractivity contribution in [1.29, 1.82) is 0 Å². The predicted octanol–water partition coefficient (Wildman–Crippen LogP) is 1.23. The highest BCUT2D eigenvalue weighted by atomic mass is 32.1. The van der Waals surface area contributed by atoms with Crippen molar-refractivity contribution in [2.45, 2.75) is 20.3 Å². The molecular weight excluding hydrogens is 214 g/mol. The molecule has 0 bridgehead atoms.